The van der Waals surface area contributed by atoms with E-state index in [1.807, 2.05) is 12.1 Å². The zero-order valence-corrected chi connectivity index (χ0v) is 9.82. The van der Waals surface area contributed by atoms with Crippen LogP contribution in [0.1, 0.15) is 19.4 Å². The Morgan fingerprint density at radius 1 is 1.19 bits per heavy atom. The molecule has 1 heterocycles. The molecule has 16 heavy (non-hydrogen) atoms. The Labute approximate surface area is 95.9 Å². The molecule has 2 N–H and O–H groups in total. The van der Waals surface area contributed by atoms with E-state index in [-0.39, 0.29) is 0 Å². The fraction of sp³-hybridized carbons (Fsp3) is 0.500. The van der Waals surface area contributed by atoms with Crippen molar-refractivity contribution in [3.63, 3.8) is 0 Å². The van der Waals surface area contributed by atoms with Crippen LogP contribution in [0, 0.1) is 0 Å². The van der Waals surface area contributed by atoms with Crippen molar-refractivity contribution in [3.8, 4) is 11.5 Å². The van der Waals surface area contributed by atoms with Crippen molar-refractivity contribution in [2.45, 2.75) is 20.4 Å². The number of nitrogens with two attached hydrogens (primary N) is 1. The maximum Gasteiger partial charge on any atom is 0.231 e. The molecule has 1 aromatic rings. The van der Waals surface area contributed by atoms with Crippen LogP contribution in [0.25, 0.3) is 0 Å². The molecule has 88 valence electrons. The summed E-state index contributed by atoms with van der Waals surface area (Å²) in [7, 11) is 0. The number of nitrogen functional groups attached to an aromatic ring is 1. The van der Waals surface area contributed by atoms with E-state index in [4.69, 9.17) is 15.2 Å². The van der Waals surface area contributed by atoms with Crippen LogP contribution in [-0.4, -0.2) is 24.8 Å². The van der Waals surface area contributed by atoms with Gasteiger partial charge in [-0.2, -0.15) is 0 Å². The SMILES string of the molecule is CCN(CC)Cc1cc2c(cc1N)OCO2. The molecule has 4 nitrogen and oxygen atoms in total. The number of fused-ring (bicyclic) bond motifs is 1. The second kappa shape index (κ2) is 4.61. The molecule has 4 heteroatoms. The number of benzene rings is 1. The largest absolute Gasteiger partial charge is 0.454 e. The standard InChI is InChI=1S/C12H18N2O2/c1-3-14(4-2)7-9-5-11-12(6-10(9)13)16-8-15-11/h5-6H,3-4,7-8,13H2,1-2H3. The highest BCUT2D eigenvalue weighted by molar-refractivity contribution is 5.58. The monoisotopic (exact) mass is 222 g/mol. The molecular formula is C12H18N2O2. The van der Waals surface area contributed by atoms with Gasteiger partial charge in [0.05, 0.1) is 0 Å². The molecule has 0 fully saturated rings. The van der Waals surface area contributed by atoms with Gasteiger partial charge in [-0.15, -0.1) is 0 Å². The van der Waals surface area contributed by atoms with E-state index >= 15 is 0 Å². The molecule has 0 saturated carbocycles. The molecule has 0 aromatic heterocycles. The van der Waals surface area contributed by atoms with Gasteiger partial charge >= 0.3 is 0 Å². The Morgan fingerprint density at radius 2 is 1.81 bits per heavy atom. The van der Waals surface area contributed by atoms with E-state index in [0.29, 0.717) is 6.79 Å². The summed E-state index contributed by atoms with van der Waals surface area (Å²) in [6.07, 6.45) is 0. The first kappa shape index (κ1) is 11.1. The zero-order chi connectivity index (χ0) is 11.5. The van der Waals surface area contributed by atoms with Crippen LogP contribution in [0.3, 0.4) is 0 Å². The molecule has 0 amide bonds. The third kappa shape index (κ3) is 2.07. The van der Waals surface area contributed by atoms with Crippen molar-refractivity contribution >= 4 is 5.69 Å². The van der Waals surface area contributed by atoms with Crippen molar-refractivity contribution in [2.75, 3.05) is 25.6 Å². The number of hydrogen-bond acceptors (Lipinski definition) is 4. The van der Waals surface area contributed by atoms with Crippen molar-refractivity contribution in [1.82, 2.24) is 4.90 Å². The fourth-order valence-electron chi connectivity index (χ4n) is 1.82. The lowest BCUT2D eigenvalue weighted by Gasteiger charge is -2.19. The Morgan fingerprint density at radius 3 is 2.44 bits per heavy atom. The van der Waals surface area contributed by atoms with Crippen LogP contribution in [0.5, 0.6) is 11.5 Å². The van der Waals surface area contributed by atoms with Gasteiger partial charge in [0.25, 0.3) is 0 Å². The quantitative estimate of drug-likeness (QED) is 0.790. The fourth-order valence-corrected chi connectivity index (χ4v) is 1.82. The van der Waals surface area contributed by atoms with E-state index in [9.17, 15) is 0 Å². The van der Waals surface area contributed by atoms with Gasteiger partial charge in [-0.05, 0) is 24.7 Å². The molecular weight excluding hydrogens is 204 g/mol. The lowest BCUT2D eigenvalue weighted by atomic mass is 10.1. The summed E-state index contributed by atoms with van der Waals surface area (Å²) < 4.78 is 10.6. The number of nitrogens with zero attached hydrogens (tertiary/aromatic N) is 1. The van der Waals surface area contributed by atoms with Gasteiger partial charge in [-0.3, -0.25) is 4.90 Å². The molecule has 0 saturated heterocycles. The molecule has 2 rings (SSSR count). The van der Waals surface area contributed by atoms with Crippen LogP contribution in [0.15, 0.2) is 12.1 Å². The molecule has 0 unspecified atom stereocenters. The zero-order valence-electron chi connectivity index (χ0n) is 9.82. The maximum atomic E-state index is 5.99. The molecule has 0 atom stereocenters. The van der Waals surface area contributed by atoms with Crippen LogP contribution >= 0.6 is 0 Å². The third-order valence-corrected chi connectivity index (χ3v) is 2.92. The topological polar surface area (TPSA) is 47.7 Å². The summed E-state index contributed by atoms with van der Waals surface area (Å²) in [4.78, 5) is 2.31. The predicted molar refractivity (Wildman–Crippen MR) is 63.6 cm³/mol. The molecule has 1 aliphatic rings. The maximum absolute atomic E-state index is 5.99. The van der Waals surface area contributed by atoms with Crippen LogP contribution in [0.4, 0.5) is 5.69 Å². The molecule has 0 spiro atoms. The van der Waals surface area contributed by atoms with Gasteiger partial charge in [0.15, 0.2) is 11.5 Å². The van der Waals surface area contributed by atoms with Crippen molar-refractivity contribution in [3.05, 3.63) is 17.7 Å². The first-order valence-corrected chi connectivity index (χ1v) is 5.65. The van der Waals surface area contributed by atoms with E-state index in [1.165, 1.54) is 0 Å². The summed E-state index contributed by atoms with van der Waals surface area (Å²) in [5.74, 6) is 1.55. The summed E-state index contributed by atoms with van der Waals surface area (Å²) in [5, 5.41) is 0. The minimum atomic E-state index is 0.295. The predicted octanol–water partition coefficient (Wildman–Crippen LogP) is 1.84. The first-order chi connectivity index (χ1) is 7.74. The lowest BCUT2D eigenvalue weighted by molar-refractivity contribution is 0.174. The Bertz CT molecular complexity index is 376. The Kier molecular flexibility index (Phi) is 3.19. The second-order valence-corrected chi connectivity index (χ2v) is 3.87. The number of anilines is 1. The molecule has 1 aromatic carbocycles. The third-order valence-electron chi connectivity index (χ3n) is 2.92. The average molecular weight is 222 g/mol. The van der Waals surface area contributed by atoms with Gasteiger partial charge in [-0.25, -0.2) is 0 Å². The van der Waals surface area contributed by atoms with E-state index in [1.54, 1.807) is 0 Å². The number of hydrogen-bond donors (Lipinski definition) is 1. The minimum absolute atomic E-state index is 0.295. The van der Waals surface area contributed by atoms with E-state index in [2.05, 4.69) is 18.7 Å². The summed E-state index contributed by atoms with van der Waals surface area (Å²) in [6.45, 7) is 7.48. The summed E-state index contributed by atoms with van der Waals surface area (Å²) in [6, 6.07) is 3.83. The average Bonchev–Trinajstić information content (AvgIpc) is 2.72. The highest BCUT2D eigenvalue weighted by Gasteiger charge is 2.16. The molecule has 0 aliphatic carbocycles. The highest BCUT2D eigenvalue weighted by Crippen LogP contribution is 2.36. The molecule has 0 radical (unpaired) electrons. The van der Waals surface area contributed by atoms with Crippen LogP contribution in [-0.2, 0) is 6.54 Å². The lowest BCUT2D eigenvalue weighted by Crippen LogP contribution is -2.22. The van der Waals surface area contributed by atoms with Crippen molar-refractivity contribution in [2.24, 2.45) is 0 Å². The number of ether oxygens (including phenoxy) is 2. The Balaban J connectivity index is 2.21. The van der Waals surface area contributed by atoms with Gasteiger partial charge in [0, 0.05) is 18.3 Å². The van der Waals surface area contributed by atoms with Gasteiger partial charge in [-0.1, -0.05) is 13.8 Å². The normalized spacial score (nSPS) is 13.4. The minimum Gasteiger partial charge on any atom is -0.454 e. The summed E-state index contributed by atoms with van der Waals surface area (Å²) >= 11 is 0. The smallest absolute Gasteiger partial charge is 0.231 e. The van der Waals surface area contributed by atoms with Crippen molar-refractivity contribution < 1.29 is 9.47 Å². The van der Waals surface area contributed by atoms with Gasteiger partial charge in [0.2, 0.25) is 6.79 Å². The van der Waals surface area contributed by atoms with E-state index in [0.717, 1.165) is 42.4 Å². The number of rotatable bonds is 4. The first-order valence-electron chi connectivity index (χ1n) is 5.65. The van der Waals surface area contributed by atoms with Gasteiger partial charge in [0.1, 0.15) is 0 Å². The molecule has 1 aliphatic heterocycles. The van der Waals surface area contributed by atoms with Crippen molar-refractivity contribution in [1.29, 1.82) is 0 Å². The van der Waals surface area contributed by atoms with Crippen LogP contribution < -0.4 is 15.2 Å². The van der Waals surface area contributed by atoms with Gasteiger partial charge < -0.3 is 15.2 Å². The van der Waals surface area contributed by atoms with Crippen LogP contribution in [0.2, 0.25) is 0 Å². The highest BCUT2D eigenvalue weighted by atomic mass is 16.7. The Hall–Kier alpha value is -1.42. The summed E-state index contributed by atoms with van der Waals surface area (Å²) in [5.41, 5.74) is 7.87. The van der Waals surface area contributed by atoms with E-state index < -0.39 is 0 Å². The second-order valence-electron chi connectivity index (χ2n) is 3.87. The molecule has 0 bridgehead atoms.